The second-order valence-corrected chi connectivity index (χ2v) is 5.42. The fourth-order valence-electron chi connectivity index (χ4n) is 1.81. The van der Waals surface area contributed by atoms with Gasteiger partial charge in [-0.2, -0.15) is 4.98 Å². The summed E-state index contributed by atoms with van der Waals surface area (Å²) in [5.74, 6) is 1.12. The minimum absolute atomic E-state index is 0.380. The monoisotopic (exact) mass is 305 g/mol. The lowest BCUT2D eigenvalue weighted by Gasteiger charge is -2.09. The molecule has 0 saturated carbocycles. The Hall–Kier alpha value is -1.85. The quantitative estimate of drug-likeness (QED) is 0.792. The number of benzene rings is 1. The molecule has 0 aliphatic rings. The topological polar surface area (TPSA) is 47.0 Å². The summed E-state index contributed by atoms with van der Waals surface area (Å²) in [4.78, 5) is 9.63. The summed E-state index contributed by atoms with van der Waals surface area (Å²) in [7, 11) is 1.78. The van der Waals surface area contributed by atoms with E-state index >= 15 is 0 Å². The van der Waals surface area contributed by atoms with Crippen LogP contribution in [0.4, 0.5) is 5.95 Å². The van der Waals surface area contributed by atoms with Crippen molar-refractivity contribution in [2.75, 3.05) is 12.4 Å². The summed E-state index contributed by atoms with van der Waals surface area (Å²) in [6, 6.07) is 9.57. The molecular weight excluding hydrogens is 294 g/mol. The number of hydrogen-bond acceptors (Lipinski definition) is 5. The van der Waals surface area contributed by atoms with Crippen LogP contribution < -0.4 is 10.1 Å². The zero-order valence-electron chi connectivity index (χ0n) is 10.8. The van der Waals surface area contributed by atoms with Crippen molar-refractivity contribution in [3.63, 3.8) is 0 Å². The normalized spacial score (nSPS) is 10.7. The van der Waals surface area contributed by atoms with Crippen LogP contribution in [0.5, 0.6) is 5.88 Å². The van der Waals surface area contributed by atoms with Crippen LogP contribution in [0.3, 0.4) is 0 Å². The molecule has 0 radical (unpaired) electrons. The predicted molar refractivity (Wildman–Crippen MR) is 82.7 cm³/mol. The molecule has 0 amide bonds. The number of nitrogens with one attached hydrogen (secondary N) is 1. The molecule has 0 aliphatic heterocycles. The van der Waals surface area contributed by atoms with E-state index in [1.807, 2.05) is 35.7 Å². The molecule has 1 aromatic carbocycles. The van der Waals surface area contributed by atoms with Gasteiger partial charge in [-0.05, 0) is 17.5 Å². The van der Waals surface area contributed by atoms with Gasteiger partial charge in [0, 0.05) is 17.6 Å². The molecule has 0 bridgehead atoms. The number of hydrogen-bond donors (Lipinski definition) is 1. The molecule has 0 aliphatic carbocycles. The Balaban J connectivity index is 1.90. The molecule has 6 heteroatoms. The van der Waals surface area contributed by atoms with Crippen molar-refractivity contribution < 1.29 is 4.74 Å². The van der Waals surface area contributed by atoms with Crippen LogP contribution in [0.15, 0.2) is 35.7 Å². The Morgan fingerprint density at radius 1 is 1.25 bits per heavy atom. The molecule has 0 unspecified atom stereocenters. The van der Waals surface area contributed by atoms with Crippen LogP contribution in [0, 0.1) is 0 Å². The number of ether oxygens (including phenoxy) is 1. The maximum absolute atomic E-state index is 6.12. The van der Waals surface area contributed by atoms with E-state index < -0.39 is 0 Å². The van der Waals surface area contributed by atoms with E-state index in [0.29, 0.717) is 23.5 Å². The minimum atomic E-state index is 0.380. The van der Waals surface area contributed by atoms with Gasteiger partial charge in [0.1, 0.15) is 11.4 Å². The van der Waals surface area contributed by atoms with Crippen LogP contribution in [-0.2, 0) is 6.61 Å². The van der Waals surface area contributed by atoms with Crippen molar-refractivity contribution in [2.45, 2.75) is 6.61 Å². The van der Waals surface area contributed by atoms with Crippen molar-refractivity contribution in [1.29, 1.82) is 0 Å². The van der Waals surface area contributed by atoms with Gasteiger partial charge < -0.3 is 10.1 Å². The fourth-order valence-corrected chi connectivity index (χ4v) is 2.76. The first kappa shape index (κ1) is 13.1. The molecule has 102 valence electrons. The highest BCUT2D eigenvalue weighted by Crippen LogP contribution is 2.29. The van der Waals surface area contributed by atoms with Gasteiger partial charge in [-0.3, -0.25) is 0 Å². The highest BCUT2D eigenvalue weighted by molar-refractivity contribution is 7.16. The highest BCUT2D eigenvalue weighted by atomic mass is 35.5. The smallest absolute Gasteiger partial charge is 0.227 e. The van der Waals surface area contributed by atoms with Crippen LogP contribution in [0.2, 0.25) is 5.02 Å². The number of thiophene rings is 1. The van der Waals surface area contributed by atoms with E-state index in [1.165, 1.54) is 0 Å². The minimum Gasteiger partial charge on any atom is -0.472 e. The van der Waals surface area contributed by atoms with Gasteiger partial charge in [-0.1, -0.05) is 29.8 Å². The Labute approximate surface area is 125 Å². The molecule has 2 aromatic heterocycles. The summed E-state index contributed by atoms with van der Waals surface area (Å²) in [6.07, 6.45) is 0. The van der Waals surface area contributed by atoms with Crippen LogP contribution in [0.1, 0.15) is 5.56 Å². The van der Waals surface area contributed by atoms with Crippen molar-refractivity contribution in [1.82, 2.24) is 9.97 Å². The molecule has 3 rings (SSSR count). The lowest BCUT2D eigenvalue weighted by Crippen LogP contribution is -2.02. The summed E-state index contributed by atoms with van der Waals surface area (Å²) in [5, 5.41) is 6.52. The second kappa shape index (κ2) is 5.64. The number of anilines is 1. The van der Waals surface area contributed by atoms with E-state index in [-0.39, 0.29) is 0 Å². The van der Waals surface area contributed by atoms with Crippen molar-refractivity contribution in [3.8, 4) is 5.88 Å². The van der Waals surface area contributed by atoms with Gasteiger partial charge in [0.15, 0.2) is 0 Å². The largest absolute Gasteiger partial charge is 0.472 e. The third kappa shape index (κ3) is 2.55. The number of aromatic nitrogens is 2. The molecule has 0 fully saturated rings. The molecule has 20 heavy (non-hydrogen) atoms. The number of nitrogens with zero attached hydrogens (tertiary/aromatic N) is 2. The van der Waals surface area contributed by atoms with E-state index in [2.05, 4.69) is 15.3 Å². The van der Waals surface area contributed by atoms with E-state index in [1.54, 1.807) is 18.4 Å². The molecule has 4 nitrogen and oxygen atoms in total. The van der Waals surface area contributed by atoms with Gasteiger partial charge in [0.25, 0.3) is 0 Å². The molecule has 3 aromatic rings. The van der Waals surface area contributed by atoms with Crippen molar-refractivity contribution >= 4 is 39.1 Å². The van der Waals surface area contributed by atoms with Crippen molar-refractivity contribution in [3.05, 3.63) is 46.3 Å². The van der Waals surface area contributed by atoms with Crippen LogP contribution >= 0.6 is 22.9 Å². The summed E-state index contributed by atoms with van der Waals surface area (Å²) in [6.45, 7) is 0.380. The summed E-state index contributed by atoms with van der Waals surface area (Å²) >= 11 is 7.68. The molecule has 0 spiro atoms. The zero-order valence-corrected chi connectivity index (χ0v) is 12.3. The number of halogens is 1. The highest BCUT2D eigenvalue weighted by Gasteiger charge is 2.10. The standard InChI is InChI=1S/C14H12ClN3OS/c1-16-14-17-12(10-6-7-20-13(10)18-14)19-8-9-4-2-3-5-11(9)15/h2-7H,8H2,1H3,(H,16,17,18). The summed E-state index contributed by atoms with van der Waals surface area (Å²) in [5.41, 5.74) is 0.933. The van der Waals surface area contributed by atoms with E-state index in [9.17, 15) is 0 Å². The predicted octanol–water partition coefficient (Wildman–Crippen LogP) is 3.97. The molecule has 0 saturated heterocycles. The first-order valence-electron chi connectivity index (χ1n) is 6.07. The van der Waals surface area contributed by atoms with Gasteiger partial charge in [0.05, 0.1) is 5.39 Å². The summed E-state index contributed by atoms with van der Waals surface area (Å²) < 4.78 is 5.82. The van der Waals surface area contributed by atoms with E-state index in [0.717, 1.165) is 15.8 Å². The number of rotatable bonds is 4. The van der Waals surface area contributed by atoms with Gasteiger partial charge in [0.2, 0.25) is 11.8 Å². The molecular formula is C14H12ClN3OS. The van der Waals surface area contributed by atoms with Gasteiger partial charge >= 0.3 is 0 Å². The lowest BCUT2D eigenvalue weighted by atomic mass is 10.2. The second-order valence-electron chi connectivity index (χ2n) is 4.12. The Morgan fingerprint density at radius 2 is 2.10 bits per heavy atom. The van der Waals surface area contributed by atoms with Crippen molar-refractivity contribution in [2.24, 2.45) is 0 Å². The lowest BCUT2D eigenvalue weighted by molar-refractivity contribution is 0.298. The first-order valence-corrected chi connectivity index (χ1v) is 7.33. The maximum atomic E-state index is 6.12. The maximum Gasteiger partial charge on any atom is 0.227 e. The Morgan fingerprint density at radius 3 is 2.90 bits per heavy atom. The third-order valence-corrected chi connectivity index (χ3v) is 4.01. The van der Waals surface area contributed by atoms with Gasteiger partial charge in [-0.25, -0.2) is 4.98 Å². The Bertz CT molecular complexity index is 744. The zero-order chi connectivity index (χ0) is 13.9. The van der Waals surface area contributed by atoms with Crippen LogP contribution in [0.25, 0.3) is 10.2 Å². The number of fused-ring (bicyclic) bond motifs is 1. The molecule has 0 atom stereocenters. The molecule has 1 N–H and O–H groups in total. The van der Waals surface area contributed by atoms with Crippen LogP contribution in [-0.4, -0.2) is 17.0 Å². The SMILES string of the molecule is CNc1nc(OCc2ccccc2Cl)c2ccsc2n1. The Kier molecular flexibility index (Phi) is 3.71. The molecule has 2 heterocycles. The van der Waals surface area contributed by atoms with E-state index in [4.69, 9.17) is 16.3 Å². The third-order valence-electron chi connectivity index (χ3n) is 2.84. The average Bonchev–Trinajstić information content (AvgIpc) is 2.94. The first-order chi connectivity index (χ1) is 9.78. The van der Waals surface area contributed by atoms with Gasteiger partial charge in [-0.15, -0.1) is 11.3 Å². The fraction of sp³-hybridized carbons (Fsp3) is 0.143. The average molecular weight is 306 g/mol.